The van der Waals surface area contributed by atoms with Crippen molar-refractivity contribution in [1.29, 1.82) is 0 Å². The zero-order chi connectivity index (χ0) is 18.7. The van der Waals surface area contributed by atoms with Crippen LogP contribution in [-0.2, 0) is 29.2 Å². The smallest absolute Gasteiger partial charge is 0.394 e. The predicted molar refractivity (Wildman–Crippen MR) is 84.3 cm³/mol. The maximum atomic E-state index is 11.7. The molecule has 0 aliphatic carbocycles. The van der Waals surface area contributed by atoms with Gasteiger partial charge in [-0.25, -0.2) is 23.8 Å². The summed E-state index contributed by atoms with van der Waals surface area (Å²) in [5, 5.41) is 9.37. The second-order valence-electron chi connectivity index (χ2n) is 4.80. The van der Waals surface area contributed by atoms with Gasteiger partial charge in [0.15, 0.2) is 11.5 Å². The Labute approximate surface area is 141 Å². The van der Waals surface area contributed by atoms with Gasteiger partial charge >= 0.3 is 15.4 Å². The first-order valence-electron chi connectivity index (χ1n) is 6.73. The van der Waals surface area contributed by atoms with Crippen LogP contribution in [0.15, 0.2) is 12.7 Å². The molecule has 0 radical (unpaired) electrons. The van der Waals surface area contributed by atoms with Gasteiger partial charge < -0.3 is 29.9 Å². The number of phosphoric acid groups is 1. The van der Waals surface area contributed by atoms with Crippen molar-refractivity contribution in [1.82, 2.24) is 19.5 Å². The maximum Gasteiger partial charge on any atom is 0.479 e. The van der Waals surface area contributed by atoms with Crippen LogP contribution in [0.5, 0.6) is 0 Å². The first-order chi connectivity index (χ1) is 11.7. The molecule has 2 rings (SSSR count). The van der Waals surface area contributed by atoms with Crippen LogP contribution < -0.4 is 5.73 Å². The normalized spacial score (nSPS) is 17.9. The molecular formula is C10H17N5O8P2. The maximum absolute atomic E-state index is 11.7. The van der Waals surface area contributed by atoms with Crippen molar-refractivity contribution in [2.45, 2.75) is 12.6 Å². The molecule has 0 aromatic carbocycles. The highest BCUT2D eigenvalue weighted by molar-refractivity contribution is 7.63. The fourth-order valence-electron chi connectivity index (χ4n) is 1.83. The van der Waals surface area contributed by atoms with Crippen LogP contribution in [0.4, 0.5) is 5.82 Å². The molecule has 0 saturated heterocycles. The van der Waals surface area contributed by atoms with Crippen molar-refractivity contribution >= 4 is 32.4 Å². The van der Waals surface area contributed by atoms with Crippen molar-refractivity contribution in [3.05, 3.63) is 12.7 Å². The number of aliphatic hydroxyl groups is 1. The molecule has 3 atom stereocenters. The molecule has 0 aliphatic rings. The number of nitrogen functional groups attached to an aromatic ring is 1. The Morgan fingerprint density at radius 1 is 1.32 bits per heavy atom. The third-order valence-electron chi connectivity index (χ3n) is 2.97. The largest absolute Gasteiger partial charge is 0.479 e. The van der Waals surface area contributed by atoms with Gasteiger partial charge in [-0.15, -0.1) is 0 Å². The van der Waals surface area contributed by atoms with Gasteiger partial charge in [0.25, 0.3) is 0 Å². The molecule has 0 bridgehead atoms. The summed E-state index contributed by atoms with van der Waals surface area (Å²) >= 11 is 0. The van der Waals surface area contributed by atoms with E-state index in [0.29, 0.717) is 11.2 Å². The number of imidazole rings is 1. The third kappa shape index (κ3) is 5.27. The second-order valence-corrected chi connectivity index (χ2v) is 8.29. The highest BCUT2D eigenvalue weighted by Crippen LogP contribution is 2.59. The number of phosphoric ester groups is 1. The summed E-state index contributed by atoms with van der Waals surface area (Å²) < 4.78 is 37.7. The number of rotatable bonds is 9. The number of aromatic nitrogens is 4. The summed E-state index contributed by atoms with van der Waals surface area (Å²) in [5.74, 6) is 0.178. The van der Waals surface area contributed by atoms with Crippen molar-refractivity contribution in [2.75, 3.05) is 25.8 Å². The van der Waals surface area contributed by atoms with E-state index < -0.39 is 34.5 Å². The Morgan fingerprint density at radius 3 is 2.68 bits per heavy atom. The minimum atomic E-state index is -4.66. The van der Waals surface area contributed by atoms with Gasteiger partial charge in [0, 0.05) is 7.11 Å². The van der Waals surface area contributed by atoms with Crippen molar-refractivity contribution in [2.24, 2.45) is 0 Å². The van der Waals surface area contributed by atoms with E-state index in [1.54, 1.807) is 0 Å². The molecule has 0 saturated carbocycles. The van der Waals surface area contributed by atoms with Crippen LogP contribution >= 0.6 is 15.4 Å². The lowest BCUT2D eigenvalue weighted by molar-refractivity contribution is 0.0200. The Kier molecular flexibility index (Phi) is 6.25. The SMILES string of the molecule is COP(=O)(O)OP(=O)(O)CO[C@H](CO)Cn1cnc2c(N)ncnc21. The summed E-state index contributed by atoms with van der Waals surface area (Å²) in [7, 11) is -8.40. The highest BCUT2D eigenvalue weighted by Gasteiger charge is 2.33. The third-order valence-corrected chi connectivity index (χ3v) is 5.75. The first-order valence-corrected chi connectivity index (χ1v) is 9.98. The summed E-state index contributed by atoms with van der Waals surface area (Å²) in [6.07, 6.45) is 0.752. The Morgan fingerprint density at radius 2 is 2.04 bits per heavy atom. The molecule has 0 amide bonds. The lowest BCUT2D eigenvalue weighted by Crippen LogP contribution is -2.24. The molecule has 0 aliphatic heterocycles. The molecule has 2 heterocycles. The van der Waals surface area contributed by atoms with Crippen LogP contribution in [-0.4, -0.2) is 60.6 Å². The van der Waals surface area contributed by atoms with Crippen LogP contribution in [0.1, 0.15) is 0 Å². The zero-order valence-corrected chi connectivity index (χ0v) is 14.8. The summed E-state index contributed by atoms with van der Waals surface area (Å²) in [4.78, 5) is 30.4. The van der Waals surface area contributed by atoms with E-state index in [0.717, 1.165) is 7.11 Å². The van der Waals surface area contributed by atoms with Gasteiger partial charge in [-0.1, -0.05) is 0 Å². The molecule has 2 unspecified atom stereocenters. The van der Waals surface area contributed by atoms with E-state index in [4.69, 9.17) is 15.4 Å². The average molecular weight is 397 g/mol. The predicted octanol–water partition coefficient (Wildman–Crippen LogP) is -0.308. The van der Waals surface area contributed by atoms with Gasteiger partial charge in [0.05, 0.1) is 25.6 Å². The molecular weight excluding hydrogens is 380 g/mol. The van der Waals surface area contributed by atoms with Crippen molar-refractivity contribution in [3.8, 4) is 0 Å². The number of aliphatic hydroxyl groups excluding tert-OH is 1. The monoisotopic (exact) mass is 397 g/mol. The number of nitrogens with zero attached hydrogens (tertiary/aromatic N) is 4. The zero-order valence-electron chi connectivity index (χ0n) is 13.0. The topological polar surface area (TPSA) is 192 Å². The van der Waals surface area contributed by atoms with Gasteiger partial charge in [-0.2, -0.15) is 0 Å². The quantitative estimate of drug-likeness (QED) is 0.404. The fraction of sp³-hybridized carbons (Fsp3) is 0.500. The van der Waals surface area contributed by atoms with Gasteiger partial charge in [0.2, 0.25) is 0 Å². The molecule has 25 heavy (non-hydrogen) atoms. The van der Waals surface area contributed by atoms with Crippen molar-refractivity contribution < 1.29 is 37.6 Å². The van der Waals surface area contributed by atoms with E-state index in [9.17, 15) is 19.1 Å². The van der Waals surface area contributed by atoms with Gasteiger partial charge in [-0.3, -0.25) is 9.09 Å². The number of ether oxygens (including phenoxy) is 1. The lowest BCUT2D eigenvalue weighted by Gasteiger charge is -2.19. The summed E-state index contributed by atoms with van der Waals surface area (Å²) in [6, 6.07) is 0. The Hall–Kier alpha value is -1.43. The molecule has 140 valence electrons. The van der Waals surface area contributed by atoms with E-state index in [1.165, 1.54) is 17.2 Å². The van der Waals surface area contributed by atoms with Gasteiger partial charge in [0.1, 0.15) is 18.2 Å². The molecule has 13 nitrogen and oxygen atoms in total. The van der Waals surface area contributed by atoms with Crippen LogP contribution in [0.2, 0.25) is 0 Å². The average Bonchev–Trinajstić information content (AvgIpc) is 2.95. The van der Waals surface area contributed by atoms with Crippen LogP contribution in [0, 0.1) is 0 Å². The number of anilines is 1. The second kappa shape index (κ2) is 7.85. The highest BCUT2D eigenvalue weighted by atomic mass is 31.3. The number of hydrogen-bond acceptors (Lipinski definition) is 10. The van der Waals surface area contributed by atoms with E-state index >= 15 is 0 Å². The molecule has 2 aromatic heterocycles. The van der Waals surface area contributed by atoms with Crippen LogP contribution in [0.25, 0.3) is 11.2 Å². The Balaban J connectivity index is 2.04. The molecule has 15 heteroatoms. The molecule has 0 fully saturated rings. The summed E-state index contributed by atoms with van der Waals surface area (Å²) in [6.45, 7) is -0.494. The minimum Gasteiger partial charge on any atom is -0.394 e. The van der Waals surface area contributed by atoms with E-state index in [2.05, 4.69) is 23.8 Å². The summed E-state index contributed by atoms with van der Waals surface area (Å²) in [5.41, 5.74) is 6.41. The van der Waals surface area contributed by atoms with Crippen molar-refractivity contribution in [3.63, 3.8) is 0 Å². The lowest BCUT2D eigenvalue weighted by atomic mass is 10.3. The minimum absolute atomic E-state index is 0.0184. The first kappa shape index (κ1) is 19.9. The fourth-order valence-corrected chi connectivity index (χ4v) is 3.98. The Bertz CT molecular complexity index is 829. The van der Waals surface area contributed by atoms with E-state index in [1.807, 2.05) is 0 Å². The molecule has 5 N–H and O–H groups in total. The standard InChI is InChI=1S/C10H17N5O8P2/c1-21-25(19,20)23-24(17,18)6-22-7(3-16)2-15-5-14-8-9(11)12-4-13-10(8)15/h4-5,7,16H,2-3,6H2,1H3,(H,17,18)(H,19,20)(H2,11,12,13)/t7-/m0/s1. The number of nitrogens with two attached hydrogens (primary N) is 1. The number of hydrogen-bond donors (Lipinski definition) is 4. The van der Waals surface area contributed by atoms with E-state index in [-0.39, 0.29) is 12.4 Å². The molecule has 2 aromatic rings. The van der Waals surface area contributed by atoms with Gasteiger partial charge in [-0.05, 0) is 0 Å². The number of fused-ring (bicyclic) bond motifs is 1. The van der Waals surface area contributed by atoms with Crippen LogP contribution in [0.3, 0.4) is 0 Å². The molecule has 0 spiro atoms.